The molecule has 3 nitrogen and oxygen atoms in total. The van der Waals surface area contributed by atoms with E-state index in [9.17, 15) is 4.39 Å². The molecule has 1 heterocycles. The van der Waals surface area contributed by atoms with Gasteiger partial charge in [-0.05, 0) is 25.1 Å². The smallest absolute Gasteiger partial charge is 0.132 e. The lowest BCUT2D eigenvalue weighted by Gasteiger charge is -2.10. The molecule has 2 rings (SSSR count). The maximum absolute atomic E-state index is 13.1. The molecule has 0 spiro atoms. The van der Waals surface area contributed by atoms with Crippen molar-refractivity contribution >= 4 is 5.84 Å². The van der Waals surface area contributed by atoms with E-state index in [1.165, 1.54) is 12.1 Å². The lowest BCUT2D eigenvalue weighted by Crippen LogP contribution is -2.28. The molecule has 1 aliphatic rings. The maximum Gasteiger partial charge on any atom is 0.132 e. The van der Waals surface area contributed by atoms with Crippen LogP contribution in [0.4, 0.5) is 4.39 Å². The van der Waals surface area contributed by atoms with Crippen molar-refractivity contribution in [2.75, 3.05) is 13.7 Å². The first kappa shape index (κ1) is 9.96. The van der Waals surface area contributed by atoms with Gasteiger partial charge < -0.3 is 10.1 Å². The van der Waals surface area contributed by atoms with Crippen LogP contribution in [0.3, 0.4) is 0 Å². The predicted molar refractivity (Wildman–Crippen MR) is 57.0 cm³/mol. The number of amidine groups is 1. The van der Waals surface area contributed by atoms with E-state index in [-0.39, 0.29) is 5.82 Å². The maximum atomic E-state index is 13.1. The second-order valence-electron chi connectivity index (χ2n) is 3.58. The zero-order valence-corrected chi connectivity index (χ0v) is 8.75. The van der Waals surface area contributed by atoms with Crippen molar-refractivity contribution in [1.29, 1.82) is 0 Å². The summed E-state index contributed by atoms with van der Waals surface area (Å²) in [6.07, 6.45) is 0. The molecule has 0 bridgehead atoms. The summed E-state index contributed by atoms with van der Waals surface area (Å²) < 4.78 is 18.3. The molecule has 1 aromatic rings. The van der Waals surface area contributed by atoms with Gasteiger partial charge in [0, 0.05) is 6.04 Å². The van der Waals surface area contributed by atoms with Gasteiger partial charge in [0.05, 0.1) is 19.2 Å². The number of nitrogens with zero attached hydrogens (tertiary/aromatic N) is 1. The Kier molecular flexibility index (Phi) is 2.58. The van der Waals surface area contributed by atoms with E-state index in [0.29, 0.717) is 23.2 Å². The van der Waals surface area contributed by atoms with Crippen LogP contribution in [0.2, 0.25) is 0 Å². The summed E-state index contributed by atoms with van der Waals surface area (Å²) >= 11 is 0. The molecular formula is C11H13FN2O. The third-order valence-electron chi connectivity index (χ3n) is 2.32. The van der Waals surface area contributed by atoms with Crippen LogP contribution in [0.25, 0.3) is 0 Å². The summed E-state index contributed by atoms with van der Waals surface area (Å²) in [5.41, 5.74) is 0.682. The van der Waals surface area contributed by atoms with Crippen LogP contribution in [0.1, 0.15) is 12.5 Å². The van der Waals surface area contributed by atoms with E-state index >= 15 is 0 Å². The van der Waals surface area contributed by atoms with Gasteiger partial charge in [0.15, 0.2) is 0 Å². The number of aliphatic imine (C=N–C) groups is 1. The first-order chi connectivity index (χ1) is 7.20. The van der Waals surface area contributed by atoms with Gasteiger partial charge in [0.1, 0.15) is 17.4 Å². The highest BCUT2D eigenvalue weighted by atomic mass is 19.1. The van der Waals surface area contributed by atoms with Crippen molar-refractivity contribution in [2.24, 2.45) is 4.99 Å². The number of hydrogen-bond acceptors (Lipinski definition) is 3. The third kappa shape index (κ3) is 1.93. The van der Waals surface area contributed by atoms with Gasteiger partial charge in [-0.3, -0.25) is 4.99 Å². The lowest BCUT2D eigenvalue weighted by atomic mass is 10.1. The summed E-state index contributed by atoms with van der Waals surface area (Å²) in [4.78, 5) is 4.30. The zero-order valence-electron chi connectivity index (χ0n) is 8.75. The van der Waals surface area contributed by atoms with Crippen LogP contribution in [0, 0.1) is 5.82 Å². The van der Waals surface area contributed by atoms with E-state index in [4.69, 9.17) is 4.74 Å². The Morgan fingerprint density at radius 2 is 2.33 bits per heavy atom. The van der Waals surface area contributed by atoms with Crippen LogP contribution in [0.15, 0.2) is 23.2 Å². The second kappa shape index (κ2) is 3.88. The van der Waals surface area contributed by atoms with Crippen LogP contribution in [0.5, 0.6) is 5.75 Å². The average molecular weight is 208 g/mol. The fourth-order valence-electron chi connectivity index (χ4n) is 1.58. The van der Waals surface area contributed by atoms with E-state index < -0.39 is 0 Å². The summed E-state index contributed by atoms with van der Waals surface area (Å²) in [7, 11) is 1.57. The van der Waals surface area contributed by atoms with Crippen molar-refractivity contribution in [1.82, 2.24) is 5.32 Å². The van der Waals surface area contributed by atoms with E-state index in [0.717, 1.165) is 6.54 Å². The van der Waals surface area contributed by atoms with Gasteiger partial charge in [-0.15, -0.1) is 0 Å². The molecule has 0 amide bonds. The van der Waals surface area contributed by atoms with Gasteiger partial charge in [0.2, 0.25) is 0 Å². The Morgan fingerprint density at radius 3 is 2.93 bits per heavy atom. The van der Waals surface area contributed by atoms with Crippen LogP contribution in [-0.2, 0) is 0 Å². The number of nitrogens with one attached hydrogen (secondary N) is 1. The number of benzene rings is 1. The summed E-state index contributed by atoms with van der Waals surface area (Å²) in [6.45, 7) is 2.75. The molecule has 0 aromatic heterocycles. The fourth-order valence-corrected chi connectivity index (χ4v) is 1.58. The normalized spacial score (nSPS) is 19.7. The van der Waals surface area contributed by atoms with Crippen molar-refractivity contribution in [3.05, 3.63) is 29.6 Å². The Balaban J connectivity index is 2.38. The lowest BCUT2D eigenvalue weighted by molar-refractivity contribution is 0.412. The Bertz CT molecular complexity index is 404. The molecular weight excluding hydrogens is 195 g/mol. The Hall–Kier alpha value is -1.58. The van der Waals surface area contributed by atoms with Gasteiger partial charge >= 0.3 is 0 Å². The van der Waals surface area contributed by atoms with E-state index in [1.54, 1.807) is 13.2 Å². The predicted octanol–water partition coefficient (Wildman–Crippen LogP) is 1.57. The topological polar surface area (TPSA) is 33.6 Å². The summed E-state index contributed by atoms with van der Waals surface area (Å²) in [6, 6.07) is 4.72. The fraction of sp³-hybridized carbons (Fsp3) is 0.364. The van der Waals surface area contributed by atoms with Crippen molar-refractivity contribution in [3.8, 4) is 5.75 Å². The number of hydrogen-bond donors (Lipinski definition) is 1. The highest BCUT2D eigenvalue weighted by Crippen LogP contribution is 2.21. The third-order valence-corrected chi connectivity index (χ3v) is 2.32. The van der Waals surface area contributed by atoms with Crippen molar-refractivity contribution < 1.29 is 9.13 Å². The Morgan fingerprint density at radius 1 is 1.53 bits per heavy atom. The summed E-state index contributed by atoms with van der Waals surface area (Å²) in [5.74, 6) is 1.06. The molecule has 1 aromatic carbocycles. The molecule has 1 atom stereocenters. The molecule has 15 heavy (non-hydrogen) atoms. The first-order valence-electron chi connectivity index (χ1n) is 4.85. The highest BCUT2D eigenvalue weighted by molar-refractivity contribution is 6.02. The molecule has 1 unspecified atom stereocenters. The first-order valence-corrected chi connectivity index (χ1v) is 4.85. The Labute approximate surface area is 88.0 Å². The van der Waals surface area contributed by atoms with Gasteiger partial charge in [-0.2, -0.15) is 0 Å². The minimum Gasteiger partial charge on any atom is -0.496 e. The van der Waals surface area contributed by atoms with E-state index in [2.05, 4.69) is 10.3 Å². The molecule has 1 aliphatic heterocycles. The minimum absolute atomic E-state index is 0.283. The highest BCUT2D eigenvalue weighted by Gasteiger charge is 2.18. The van der Waals surface area contributed by atoms with Crippen molar-refractivity contribution in [2.45, 2.75) is 13.0 Å². The molecule has 0 fully saturated rings. The van der Waals surface area contributed by atoms with Crippen LogP contribution >= 0.6 is 0 Å². The molecule has 0 aliphatic carbocycles. The molecule has 0 radical (unpaired) electrons. The van der Waals surface area contributed by atoms with Crippen LogP contribution < -0.4 is 10.1 Å². The van der Waals surface area contributed by atoms with Crippen LogP contribution in [-0.4, -0.2) is 25.5 Å². The number of methoxy groups -OCH3 is 1. The average Bonchev–Trinajstić information content (AvgIpc) is 2.65. The second-order valence-corrected chi connectivity index (χ2v) is 3.58. The molecule has 0 saturated heterocycles. The molecule has 80 valence electrons. The van der Waals surface area contributed by atoms with Gasteiger partial charge in [0.25, 0.3) is 0 Å². The van der Waals surface area contributed by atoms with E-state index in [1.807, 2.05) is 6.92 Å². The number of ether oxygens (including phenoxy) is 1. The number of rotatable bonds is 2. The largest absolute Gasteiger partial charge is 0.496 e. The monoisotopic (exact) mass is 208 g/mol. The standard InChI is InChI=1S/C11H13FN2O/c1-7-6-13-11(14-7)9-5-8(12)3-4-10(9)15-2/h3-5,7H,6H2,1-2H3,(H,13,14). The number of halogens is 1. The molecule has 0 saturated carbocycles. The molecule has 1 N–H and O–H groups in total. The zero-order chi connectivity index (χ0) is 10.8. The SMILES string of the molecule is COc1ccc(F)cc1C1=NCC(C)N1. The minimum atomic E-state index is -0.283. The summed E-state index contributed by atoms with van der Waals surface area (Å²) in [5, 5.41) is 3.18. The quantitative estimate of drug-likeness (QED) is 0.800. The van der Waals surface area contributed by atoms with Gasteiger partial charge in [-0.1, -0.05) is 0 Å². The van der Waals surface area contributed by atoms with Gasteiger partial charge in [-0.25, -0.2) is 4.39 Å². The molecule has 4 heteroatoms. The van der Waals surface area contributed by atoms with Crippen molar-refractivity contribution in [3.63, 3.8) is 0 Å².